The molecule has 0 radical (unpaired) electrons. The van der Waals surface area contributed by atoms with Gasteiger partial charge in [-0.25, -0.2) is 4.39 Å². The molecule has 0 bridgehead atoms. The molecule has 2 aromatic rings. The minimum absolute atomic E-state index is 0.181. The van der Waals surface area contributed by atoms with Gasteiger partial charge in [-0.2, -0.15) is 0 Å². The van der Waals surface area contributed by atoms with Crippen LogP contribution in [-0.2, 0) is 0 Å². The summed E-state index contributed by atoms with van der Waals surface area (Å²) in [6.07, 6.45) is 3.04. The molecule has 0 spiro atoms. The monoisotopic (exact) mass is 276 g/mol. The topological polar surface area (TPSA) is 48.3 Å². The Balaban J connectivity index is 1.72. The van der Waals surface area contributed by atoms with Gasteiger partial charge in [-0.15, -0.1) is 0 Å². The Morgan fingerprint density at radius 1 is 1.20 bits per heavy atom. The van der Waals surface area contributed by atoms with Gasteiger partial charge < -0.3 is 15.6 Å². The van der Waals surface area contributed by atoms with Gasteiger partial charge in [0.15, 0.2) is 0 Å². The molecule has 1 fully saturated rings. The fraction of sp³-hybridized carbons (Fsp3) is 0.467. The van der Waals surface area contributed by atoms with Crippen LogP contribution in [-0.4, -0.2) is 49.2 Å². The standard InChI is InChI=1S/C15H21FN4/c16-12-2-3-14-13(10-12)15(11-18-14)20-8-6-19(7-9-20)5-1-4-17/h2-3,10-11,18H,1,4-9,17H2. The highest BCUT2D eigenvalue weighted by atomic mass is 19.1. The van der Waals surface area contributed by atoms with Crippen LogP contribution in [0.15, 0.2) is 24.4 Å². The Bertz CT molecular complexity index is 572. The second-order valence-corrected chi connectivity index (χ2v) is 5.33. The molecule has 3 rings (SSSR count). The maximum atomic E-state index is 13.4. The third-order valence-electron chi connectivity index (χ3n) is 4.01. The Morgan fingerprint density at radius 2 is 2.00 bits per heavy atom. The van der Waals surface area contributed by atoms with E-state index in [1.54, 1.807) is 12.1 Å². The van der Waals surface area contributed by atoms with E-state index in [9.17, 15) is 4.39 Å². The number of anilines is 1. The molecule has 20 heavy (non-hydrogen) atoms. The molecule has 2 heterocycles. The second-order valence-electron chi connectivity index (χ2n) is 5.33. The van der Waals surface area contributed by atoms with E-state index >= 15 is 0 Å². The third-order valence-corrected chi connectivity index (χ3v) is 4.01. The van der Waals surface area contributed by atoms with Gasteiger partial charge in [0, 0.05) is 43.3 Å². The van der Waals surface area contributed by atoms with Gasteiger partial charge >= 0.3 is 0 Å². The van der Waals surface area contributed by atoms with Crippen LogP contribution in [0.3, 0.4) is 0 Å². The quantitative estimate of drug-likeness (QED) is 0.895. The van der Waals surface area contributed by atoms with Crippen LogP contribution >= 0.6 is 0 Å². The SMILES string of the molecule is NCCCN1CCN(c2c[nH]c3ccc(F)cc23)CC1. The molecule has 4 nitrogen and oxygen atoms in total. The van der Waals surface area contributed by atoms with Crippen molar-refractivity contribution in [2.75, 3.05) is 44.2 Å². The average Bonchev–Trinajstić information content (AvgIpc) is 2.88. The molecule has 1 saturated heterocycles. The number of rotatable bonds is 4. The van der Waals surface area contributed by atoms with Crippen molar-refractivity contribution in [2.24, 2.45) is 5.73 Å². The fourth-order valence-corrected chi connectivity index (χ4v) is 2.87. The molecule has 0 saturated carbocycles. The van der Waals surface area contributed by atoms with Crippen molar-refractivity contribution in [3.8, 4) is 0 Å². The van der Waals surface area contributed by atoms with Crippen LogP contribution in [0.1, 0.15) is 6.42 Å². The van der Waals surface area contributed by atoms with Crippen molar-refractivity contribution < 1.29 is 4.39 Å². The van der Waals surface area contributed by atoms with E-state index in [1.165, 1.54) is 6.07 Å². The Labute approximate surface area is 118 Å². The highest BCUT2D eigenvalue weighted by molar-refractivity contribution is 5.92. The molecule has 108 valence electrons. The predicted molar refractivity (Wildman–Crippen MR) is 80.6 cm³/mol. The molecule has 1 aromatic heterocycles. The number of halogens is 1. The van der Waals surface area contributed by atoms with Crippen LogP contribution in [0.5, 0.6) is 0 Å². The van der Waals surface area contributed by atoms with Crippen molar-refractivity contribution >= 4 is 16.6 Å². The van der Waals surface area contributed by atoms with Crippen LogP contribution in [0.4, 0.5) is 10.1 Å². The molecule has 0 amide bonds. The van der Waals surface area contributed by atoms with E-state index in [4.69, 9.17) is 5.73 Å². The highest BCUT2D eigenvalue weighted by Crippen LogP contribution is 2.28. The summed E-state index contributed by atoms with van der Waals surface area (Å²) in [7, 11) is 0. The lowest BCUT2D eigenvalue weighted by Gasteiger charge is -2.35. The Hall–Kier alpha value is -1.59. The van der Waals surface area contributed by atoms with E-state index in [0.717, 1.165) is 62.3 Å². The summed E-state index contributed by atoms with van der Waals surface area (Å²) in [6, 6.07) is 4.90. The van der Waals surface area contributed by atoms with Gasteiger partial charge in [0.05, 0.1) is 5.69 Å². The zero-order valence-corrected chi connectivity index (χ0v) is 11.6. The predicted octanol–water partition coefficient (Wildman–Crippen LogP) is 1.78. The minimum Gasteiger partial charge on any atom is -0.367 e. The molecule has 1 aliphatic heterocycles. The van der Waals surface area contributed by atoms with Crippen LogP contribution in [0.25, 0.3) is 10.9 Å². The van der Waals surface area contributed by atoms with Crippen LogP contribution < -0.4 is 10.6 Å². The Kier molecular flexibility index (Phi) is 3.89. The number of hydrogen-bond acceptors (Lipinski definition) is 3. The fourth-order valence-electron chi connectivity index (χ4n) is 2.87. The summed E-state index contributed by atoms with van der Waals surface area (Å²) in [4.78, 5) is 7.99. The summed E-state index contributed by atoms with van der Waals surface area (Å²) >= 11 is 0. The summed E-state index contributed by atoms with van der Waals surface area (Å²) < 4.78 is 13.4. The number of nitrogens with two attached hydrogens (primary N) is 1. The molecule has 0 unspecified atom stereocenters. The number of H-pyrrole nitrogens is 1. The van der Waals surface area contributed by atoms with E-state index in [1.807, 2.05) is 6.20 Å². The lowest BCUT2D eigenvalue weighted by atomic mass is 10.2. The maximum absolute atomic E-state index is 13.4. The number of hydrogen-bond donors (Lipinski definition) is 2. The number of aromatic nitrogens is 1. The smallest absolute Gasteiger partial charge is 0.124 e. The number of benzene rings is 1. The molecule has 5 heteroatoms. The van der Waals surface area contributed by atoms with Gasteiger partial charge in [-0.3, -0.25) is 4.90 Å². The molecular weight excluding hydrogens is 255 g/mol. The largest absolute Gasteiger partial charge is 0.367 e. The van der Waals surface area contributed by atoms with Crippen LogP contribution in [0, 0.1) is 5.82 Å². The lowest BCUT2D eigenvalue weighted by Crippen LogP contribution is -2.46. The summed E-state index contributed by atoms with van der Waals surface area (Å²) in [6.45, 7) is 5.88. The highest BCUT2D eigenvalue weighted by Gasteiger charge is 2.19. The van der Waals surface area contributed by atoms with Gasteiger partial charge in [0.25, 0.3) is 0 Å². The van der Waals surface area contributed by atoms with E-state index in [2.05, 4.69) is 14.8 Å². The Morgan fingerprint density at radius 3 is 2.75 bits per heavy atom. The van der Waals surface area contributed by atoms with E-state index in [0.29, 0.717) is 0 Å². The van der Waals surface area contributed by atoms with Gasteiger partial charge in [0.1, 0.15) is 5.82 Å². The second kappa shape index (κ2) is 5.81. The van der Waals surface area contributed by atoms with Gasteiger partial charge in [-0.05, 0) is 37.7 Å². The molecular formula is C15H21FN4. The van der Waals surface area contributed by atoms with Crippen molar-refractivity contribution in [3.05, 3.63) is 30.2 Å². The number of fused-ring (bicyclic) bond motifs is 1. The number of aromatic amines is 1. The summed E-state index contributed by atoms with van der Waals surface area (Å²) in [5.74, 6) is -0.181. The summed E-state index contributed by atoms with van der Waals surface area (Å²) in [5.41, 5.74) is 7.65. The van der Waals surface area contributed by atoms with E-state index in [-0.39, 0.29) is 5.82 Å². The first-order chi connectivity index (χ1) is 9.78. The first-order valence-electron chi connectivity index (χ1n) is 7.22. The average molecular weight is 276 g/mol. The van der Waals surface area contributed by atoms with E-state index < -0.39 is 0 Å². The zero-order valence-electron chi connectivity index (χ0n) is 11.6. The van der Waals surface area contributed by atoms with Crippen molar-refractivity contribution in [1.29, 1.82) is 0 Å². The van der Waals surface area contributed by atoms with Crippen molar-refractivity contribution in [1.82, 2.24) is 9.88 Å². The van der Waals surface area contributed by atoms with Crippen LogP contribution in [0.2, 0.25) is 0 Å². The summed E-state index contributed by atoms with van der Waals surface area (Å²) in [5, 5.41) is 0.973. The molecule has 1 aromatic carbocycles. The number of nitrogens with zero attached hydrogens (tertiary/aromatic N) is 2. The normalized spacial score (nSPS) is 17.0. The zero-order chi connectivity index (χ0) is 13.9. The van der Waals surface area contributed by atoms with Crippen molar-refractivity contribution in [3.63, 3.8) is 0 Å². The van der Waals surface area contributed by atoms with Gasteiger partial charge in [-0.1, -0.05) is 0 Å². The maximum Gasteiger partial charge on any atom is 0.124 e. The number of nitrogens with one attached hydrogen (secondary N) is 1. The molecule has 3 N–H and O–H groups in total. The lowest BCUT2D eigenvalue weighted by molar-refractivity contribution is 0.256. The molecule has 0 aliphatic carbocycles. The first kappa shape index (κ1) is 13.4. The third kappa shape index (κ3) is 2.64. The molecule has 1 aliphatic rings. The number of piperazine rings is 1. The first-order valence-corrected chi connectivity index (χ1v) is 7.22. The molecule has 0 atom stereocenters. The van der Waals surface area contributed by atoms with Gasteiger partial charge in [0.2, 0.25) is 0 Å². The minimum atomic E-state index is -0.181. The van der Waals surface area contributed by atoms with Crippen molar-refractivity contribution in [2.45, 2.75) is 6.42 Å².